The highest BCUT2D eigenvalue weighted by atomic mass is 32.2. The molecule has 288 valence electrons. The predicted molar refractivity (Wildman–Crippen MR) is 193 cm³/mol. The second kappa shape index (κ2) is 18.0. The number of hydrogen-bond donors (Lipinski definition) is 9. The van der Waals surface area contributed by atoms with Crippen LogP contribution < -0.4 is 38.1 Å². The second-order valence-electron chi connectivity index (χ2n) is 13.5. The molecule has 0 bridgehead atoms. The molecular formula is C34H47N9O9S. The molecule has 7 amide bonds. The molecule has 0 spiro atoms. The highest BCUT2D eigenvalue weighted by molar-refractivity contribution is 7.99. The third-order valence-corrected chi connectivity index (χ3v) is 10.5. The maximum absolute atomic E-state index is 13.9. The third kappa shape index (κ3) is 10.5. The van der Waals surface area contributed by atoms with Crippen LogP contribution >= 0.6 is 11.8 Å². The number of hydrogen-bond acceptors (Lipinski definition) is 10. The molecule has 1 fully saturated rings. The molecule has 4 rings (SSSR count). The number of H-pyrrole nitrogens is 1. The Bertz CT molecular complexity index is 1750. The number of aliphatic carboxylic acids is 1. The van der Waals surface area contributed by atoms with Crippen molar-refractivity contribution in [2.45, 2.75) is 81.7 Å². The van der Waals surface area contributed by atoms with Crippen LogP contribution in [0.4, 0.5) is 0 Å². The van der Waals surface area contributed by atoms with E-state index in [-0.39, 0.29) is 37.0 Å². The van der Waals surface area contributed by atoms with Crippen molar-refractivity contribution in [2.24, 2.45) is 23.3 Å². The molecule has 1 saturated heterocycles. The van der Waals surface area contributed by atoms with E-state index in [4.69, 9.17) is 11.5 Å². The summed E-state index contributed by atoms with van der Waals surface area (Å²) in [5, 5.41) is 23.7. The minimum atomic E-state index is -1.54. The van der Waals surface area contributed by atoms with Gasteiger partial charge in [-0.3, -0.25) is 33.6 Å². The van der Waals surface area contributed by atoms with Gasteiger partial charge in [0, 0.05) is 23.2 Å². The van der Waals surface area contributed by atoms with Gasteiger partial charge in [-0.2, -0.15) is 0 Å². The molecule has 1 unspecified atom stereocenters. The number of rotatable bonds is 8. The first-order chi connectivity index (χ1) is 25.1. The maximum Gasteiger partial charge on any atom is 0.326 e. The van der Waals surface area contributed by atoms with Crippen LogP contribution in [0.5, 0.6) is 0 Å². The van der Waals surface area contributed by atoms with E-state index in [1.54, 1.807) is 32.0 Å². The van der Waals surface area contributed by atoms with Crippen molar-refractivity contribution in [3.05, 3.63) is 29.8 Å². The number of aromatic nitrogens is 1. The first-order valence-corrected chi connectivity index (χ1v) is 18.3. The Hall–Kier alpha value is -5.17. The molecule has 11 N–H and O–H groups in total. The number of primary amides is 1. The second-order valence-corrected chi connectivity index (χ2v) is 14.5. The van der Waals surface area contributed by atoms with Crippen molar-refractivity contribution in [2.75, 3.05) is 25.4 Å². The van der Waals surface area contributed by atoms with Crippen LogP contribution in [0.25, 0.3) is 10.9 Å². The smallest absolute Gasteiger partial charge is 0.326 e. The Morgan fingerprint density at radius 2 is 1.70 bits per heavy atom. The van der Waals surface area contributed by atoms with Gasteiger partial charge in [-0.25, -0.2) is 4.79 Å². The van der Waals surface area contributed by atoms with Crippen LogP contribution in [0.15, 0.2) is 29.3 Å². The molecule has 7 atom stereocenters. The number of carboxylic acids is 1. The number of carboxylic acid groups (broad SMARTS) is 1. The van der Waals surface area contributed by atoms with E-state index >= 15 is 0 Å². The zero-order valence-electron chi connectivity index (χ0n) is 29.7. The van der Waals surface area contributed by atoms with Crippen LogP contribution in [0.3, 0.4) is 0 Å². The average molecular weight is 758 g/mol. The fourth-order valence-corrected chi connectivity index (χ4v) is 7.43. The molecule has 19 heteroatoms. The van der Waals surface area contributed by atoms with Gasteiger partial charge in [-0.1, -0.05) is 45.4 Å². The van der Waals surface area contributed by atoms with E-state index in [1.807, 2.05) is 13.0 Å². The number of nitrogens with two attached hydrogens (primary N) is 2. The Morgan fingerprint density at radius 3 is 2.36 bits per heavy atom. The van der Waals surface area contributed by atoms with Gasteiger partial charge in [0.25, 0.3) is 0 Å². The number of nitrogens with one attached hydrogen (secondary N) is 6. The summed E-state index contributed by atoms with van der Waals surface area (Å²) in [6.07, 6.45) is 0.0532. The molecule has 2 aliphatic rings. The maximum atomic E-state index is 13.9. The van der Waals surface area contributed by atoms with Gasteiger partial charge in [0.15, 0.2) is 0 Å². The summed E-state index contributed by atoms with van der Waals surface area (Å²) in [4.78, 5) is 108. The number of likely N-dealkylation sites (tertiary alicyclic amines) is 1. The number of benzene rings is 1. The fraction of sp³-hybridized carbons (Fsp3) is 0.529. The van der Waals surface area contributed by atoms with Gasteiger partial charge in [0.05, 0.1) is 30.6 Å². The lowest BCUT2D eigenvalue weighted by Crippen LogP contribution is -2.58. The van der Waals surface area contributed by atoms with Gasteiger partial charge in [0.1, 0.15) is 24.2 Å². The van der Waals surface area contributed by atoms with E-state index in [9.17, 15) is 43.5 Å². The monoisotopic (exact) mass is 757 g/mol. The molecular weight excluding hydrogens is 710 g/mol. The Morgan fingerprint density at radius 1 is 1.04 bits per heavy atom. The molecule has 1 aromatic carbocycles. The fourth-order valence-electron chi connectivity index (χ4n) is 6.31. The number of carbonyl (C=O) groups is 8. The lowest BCUT2D eigenvalue weighted by atomic mass is 9.98. The number of carbonyl (C=O) groups excluding carboxylic acids is 7. The van der Waals surface area contributed by atoms with E-state index in [2.05, 4.69) is 31.6 Å². The molecule has 2 aliphatic heterocycles. The molecule has 0 radical (unpaired) electrons. The van der Waals surface area contributed by atoms with Crippen LogP contribution in [-0.2, 0) is 44.8 Å². The minimum Gasteiger partial charge on any atom is -0.480 e. The zero-order valence-corrected chi connectivity index (χ0v) is 30.5. The van der Waals surface area contributed by atoms with E-state index in [0.29, 0.717) is 22.5 Å². The topological polar surface area (TPSA) is 288 Å². The van der Waals surface area contributed by atoms with Crippen LogP contribution in [-0.4, -0.2) is 118 Å². The van der Waals surface area contributed by atoms with E-state index in [1.165, 1.54) is 0 Å². The van der Waals surface area contributed by atoms with Crippen molar-refractivity contribution in [3.8, 4) is 0 Å². The van der Waals surface area contributed by atoms with Crippen molar-refractivity contribution < 1.29 is 43.5 Å². The molecule has 3 heterocycles. The van der Waals surface area contributed by atoms with Crippen LogP contribution in [0, 0.1) is 11.8 Å². The summed E-state index contributed by atoms with van der Waals surface area (Å²) >= 11 is 1.11. The van der Waals surface area contributed by atoms with E-state index < -0.39 is 97.0 Å². The summed E-state index contributed by atoms with van der Waals surface area (Å²) in [5.41, 5.74) is 13.1. The van der Waals surface area contributed by atoms with Gasteiger partial charge >= 0.3 is 5.97 Å². The molecule has 18 nitrogen and oxygen atoms in total. The normalized spacial score (nSPS) is 24.7. The third-order valence-electron chi connectivity index (χ3n) is 9.34. The molecule has 0 aliphatic carbocycles. The first kappa shape index (κ1) is 40.6. The molecule has 1 aromatic heterocycles. The first-order valence-electron chi connectivity index (χ1n) is 17.3. The summed E-state index contributed by atoms with van der Waals surface area (Å²) in [6, 6.07) is 0.983. The van der Waals surface area contributed by atoms with Crippen LogP contribution in [0.1, 0.15) is 45.6 Å². The molecule has 53 heavy (non-hydrogen) atoms. The number of nitrogens with zero attached hydrogens (tertiary/aromatic N) is 1. The summed E-state index contributed by atoms with van der Waals surface area (Å²) in [7, 11) is 0. The molecule has 0 saturated carbocycles. The largest absolute Gasteiger partial charge is 0.480 e. The Balaban J connectivity index is 1.67. The highest BCUT2D eigenvalue weighted by Gasteiger charge is 2.41. The van der Waals surface area contributed by atoms with Gasteiger partial charge in [0.2, 0.25) is 41.4 Å². The van der Waals surface area contributed by atoms with Crippen LogP contribution in [0.2, 0.25) is 0 Å². The van der Waals surface area contributed by atoms with Crippen molar-refractivity contribution in [1.82, 2.24) is 36.5 Å². The van der Waals surface area contributed by atoms with Gasteiger partial charge in [-0.15, -0.1) is 11.8 Å². The minimum absolute atomic E-state index is 0.0229. The number of thioether (sulfide) groups is 1. The van der Waals surface area contributed by atoms with Gasteiger partial charge in [-0.05, 0) is 36.3 Å². The van der Waals surface area contributed by atoms with Crippen molar-refractivity contribution in [1.29, 1.82) is 0 Å². The number of aromatic amines is 1. The standard InChI is InChI=1S/C34H47N9O9S/c1-4-17(3)28-31(49)38-12-26(45)39-23(30(48)40-22(11-25(36)44)33(50)43-14-16(2)9-24(43)34(51)52)15-53-32-19(18-7-5-6-8-21(18)41-32)10-20(35)29(47)37-13-27(46)42-28/h5-8,16-17,20,22-24,28,41H,4,9-15,35H2,1-3H3,(H2,36,44)(H,37,47)(H,38,49)(H,39,45)(H,40,48)(H,42,46)(H,51,52)/t16-,17+,20+,22+,23+,24?,28+/m1/s1. The summed E-state index contributed by atoms with van der Waals surface area (Å²) < 4.78 is 0. The molecule has 2 aromatic rings. The Labute approximate surface area is 309 Å². The Kier molecular flexibility index (Phi) is 13.8. The number of para-hydroxylation sites is 1. The predicted octanol–water partition coefficient (Wildman–Crippen LogP) is -1.93. The summed E-state index contributed by atoms with van der Waals surface area (Å²) in [5.74, 6) is -7.24. The lowest BCUT2D eigenvalue weighted by molar-refractivity contribution is -0.149. The van der Waals surface area contributed by atoms with E-state index in [0.717, 1.165) is 22.0 Å². The van der Waals surface area contributed by atoms with Crippen molar-refractivity contribution in [3.63, 3.8) is 0 Å². The SMILES string of the molecule is CC[C@H](C)[C@@H]1NC(=O)CNC(=O)[C@@H](N)Cc2c([nH]c3ccccc23)SC[C@@H](C(=O)N[C@@H](CC(N)=O)C(=O)N2C[C@H](C)CC2C(=O)O)NC(=O)CNC1=O. The zero-order chi connectivity index (χ0) is 39.0. The quantitative estimate of drug-likeness (QED) is 0.143. The summed E-state index contributed by atoms with van der Waals surface area (Å²) in [6.45, 7) is 4.37. The number of amides is 7. The lowest BCUT2D eigenvalue weighted by Gasteiger charge is -2.28. The highest BCUT2D eigenvalue weighted by Crippen LogP contribution is 2.31. The average Bonchev–Trinajstić information content (AvgIpc) is 3.68. The number of fused-ring (bicyclic) bond motifs is 3. The van der Waals surface area contributed by atoms with Gasteiger partial charge < -0.3 is 53.0 Å². The van der Waals surface area contributed by atoms with Crippen molar-refractivity contribution >= 4 is 70.0 Å².